The summed E-state index contributed by atoms with van der Waals surface area (Å²) >= 11 is 0. The summed E-state index contributed by atoms with van der Waals surface area (Å²) in [5.41, 5.74) is 3.67. The van der Waals surface area contributed by atoms with Crippen molar-refractivity contribution in [2.45, 2.75) is 18.8 Å². The molecule has 4 rings (SSSR count). The molecule has 1 N–H and O–H groups in total. The Morgan fingerprint density at radius 3 is 2.90 bits per heavy atom. The molecule has 1 aliphatic carbocycles. The molecule has 0 saturated heterocycles. The van der Waals surface area contributed by atoms with E-state index in [4.69, 9.17) is 4.74 Å². The summed E-state index contributed by atoms with van der Waals surface area (Å²) in [7, 11) is 1.62. The summed E-state index contributed by atoms with van der Waals surface area (Å²) in [6, 6.07) is 1.92. The van der Waals surface area contributed by atoms with Crippen LogP contribution in [-0.4, -0.2) is 32.0 Å². The van der Waals surface area contributed by atoms with Crippen molar-refractivity contribution in [2.24, 2.45) is 0 Å². The van der Waals surface area contributed by atoms with Crippen molar-refractivity contribution in [1.29, 1.82) is 0 Å². The fourth-order valence-corrected chi connectivity index (χ4v) is 2.39. The molecule has 20 heavy (non-hydrogen) atoms. The van der Waals surface area contributed by atoms with Gasteiger partial charge >= 0.3 is 0 Å². The van der Waals surface area contributed by atoms with Crippen molar-refractivity contribution in [3.8, 4) is 28.7 Å². The number of methoxy groups -OCH3 is 1. The second kappa shape index (κ2) is 4.26. The average molecular weight is 267 g/mol. The highest BCUT2D eigenvalue weighted by Gasteiger charge is 2.31. The fourth-order valence-electron chi connectivity index (χ4n) is 2.39. The van der Waals surface area contributed by atoms with Crippen molar-refractivity contribution >= 4 is 0 Å². The van der Waals surface area contributed by atoms with Crippen LogP contribution in [0.2, 0.25) is 0 Å². The zero-order valence-corrected chi connectivity index (χ0v) is 11.0. The summed E-state index contributed by atoms with van der Waals surface area (Å²) in [6.45, 7) is 0. The zero-order valence-electron chi connectivity index (χ0n) is 11.0. The number of H-pyrrole nitrogens is 1. The molecular weight excluding hydrogens is 254 g/mol. The van der Waals surface area contributed by atoms with E-state index in [-0.39, 0.29) is 0 Å². The molecule has 1 aromatic rings. The Balaban J connectivity index is 1.94. The van der Waals surface area contributed by atoms with Crippen LogP contribution in [0.25, 0.3) is 22.8 Å². The first kappa shape index (κ1) is 11.3. The maximum Gasteiger partial charge on any atom is 0.227 e. The smallest absolute Gasteiger partial charge is 0.227 e. The van der Waals surface area contributed by atoms with E-state index >= 15 is 0 Å². The number of nitrogens with zero attached hydrogens (tertiary/aromatic N) is 4. The van der Waals surface area contributed by atoms with E-state index in [9.17, 15) is 0 Å². The Bertz CT molecular complexity index is 734. The second-order valence-electron chi connectivity index (χ2n) is 4.89. The van der Waals surface area contributed by atoms with E-state index in [1.807, 2.05) is 6.07 Å². The molecule has 0 bridgehead atoms. The highest BCUT2D eigenvalue weighted by atomic mass is 16.5. The van der Waals surface area contributed by atoms with Crippen LogP contribution in [0.1, 0.15) is 24.5 Å². The van der Waals surface area contributed by atoms with E-state index in [0.29, 0.717) is 11.8 Å². The highest BCUT2D eigenvalue weighted by Crippen LogP contribution is 2.44. The summed E-state index contributed by atoms with van der Waals surface area (Å²) in [6.07, 6.45) is 7.39. The minimum absolute atomic E-state index is 0.491. The third-order valence-electron chi connectivity index (χ3n) is 3.54. The Hall–Kier alpha value is -2.50. The molecule has 0 unspecified atom stereocenters. The van der Waals surface area contributed by atoms with E-state index in [1.165, 1.54) is 0 Å². The zero-order chi connectivity index (χ0) is 13.5. The summed E-state index contributed by atoms with van der Waals surface area (Å²) in [4.78, 5) is 20.6. The van der Waals surface area contributed by atoms with Gasteiger partial charge in [-0.05, 0) is 18.9 Å². The normalized spacial score (nSPS) is 14.7. The first-order chi connectivity index (χ1) is 9.86. The molecule has 0 radical (unpaired) electrons. The number of ether oxygens (including phenoxy) is 1. The van der Waals surface area contributed by atoms with Crippen LogP contribution in [0.3, 0.4) is 0 Å². The third kappa shape index (κ3) is 1.72. The topological polar surface area (TPSA) is 76.6 Å². The van der Waals surface area contributed by atoms with Crippen molar-refractivity contribution < 1.29 is 4.74 Å². The molecule has 3 aliphatic rings. The van der Waals surface area contributed by atoms with Gasteiger partial charge in [0.25, 0.3) is 0 Å². The maximum absolute atomic E-state index is 5.39. The van der Waals surface area contributed by atoms with Crippen LogP contribution in [0.15, 0.2) is 24.8 Å². The molecule has 0 atom stereocenters. The third-order valence-corrected chi connectivity index (χ3v) is 3.54. The van der Waals surface area contributed by atoms with Crippen molar-refractivity contribution in [3.05, 3.63) is 30.5 Å². The highest BCUT2D eigenvalue weighted by molar-refractivity contribution is 5.69. The molecule has 1 fully saturated rings. The van der Waals surface area contributed by atoms with Gasteiger partial charge in [-0.1, -0.05) is 0 Å². The van der Waals surface area contributed by atoms with Gasteiger partial charge in [0.2, 0.25) is 5.88 Å². The van der Waals surface area contributed by atoms with Crippen LogP contribution >= 0.6 is 0 Å². The van der Waals surface area contributed by atoms with Gasteiger partial charge in [0.05, 0.1) is 24.7 Å². The number of aromatic nitrogens is 5. The lowest BCUT2D eigenvalue weighted by molar-refractivity contribution is 0.397. The van der Waals surface area contributed by atoms with Gasteiger partial charge in [-0.2, -0.15) is 0 Å². The van der Waals surface area contributed by atoms with Crippen LogP contribution in [0, 0.1) is 0 Å². The SMILES string of the molecule is COc1ncnc(C2CC2)c1-c1ncc2nccc-2[nH]1. The van der Waals surface area contributed by atoms with Crippen LogP contribution in [-0.2, 0) is 0 Å². The molecular formula is C14H13N5O. The standard InChI is InChI=1S/C14H13N5O/c1-20-14-11(12(8-2-3-8)17-7-18-14)13-16-6-10-9(19-13)4-5-15-10/h4-8H,2-3H2,1H3,(H,16,19). The van der Waals surface area contributed by atoms with Gasteiger partial charge in [-0.15, -0.1) is 0 Å². The number of rotatable bonds is 3. The summed E-state index contributed by atoms with van der Waals surface area (Å²) < 4.78 is 5.39. The predicted molar refractivity (Wildman–Crippen MR) is 72.6 cm³/mol. The van der Waals surface area contributed by atoms with Gasteiger partial charge in [-0.25, -0.2) is 15.0 Å². The number of nitrogens with one attached hydrogen (secondary N) is 1. The maximum atomic E-state index is 5.39. The van der Waals surface area contributed by atoms with Gasteiger partial charge < -0.3 is 9.72 Å². The Labute approximate surface area is 115 Å². The Morgan fingerprint density at radius 2 is 2.10 bits per heavy atom. The van der Waals surface area contributed by atoms with Crippen molar-refractivity contribution in [2.75, 3.05) is 7.11 Å². The minimum Gasteiger partial charge on any atom is -0.480 e. The lowest BCUT2D eigenvalue weighted by atomic mass is 10.1. The molecule has 100 valence electrons. The predicted octanol–water partition coefficient (Wildman–Crippen LogP) is 2.25. The first-order valence-electron chi connectivity index (χ1n) is 6.56. The van der Waals surface area contributed by atoms with Gasteiger partial charge in [-0.3, -0.25) is 4.98 Å². The monoisotopic (exact) mass is 267 g/mol. The molecule has 2 aliphatic heterocycles. The van der Waals surface area contributed by atoms with Crippen molar-refractivity contribution in [3.63, 3.8) is 0 Å². The van der Waals surface area contributed by atoms with E-state index in [2.05, 4.69) is 24.9 Å². The molecule has 6 nitrogen and oxygen atoms in total. The molecule has 6 heteroatoms. The number of fused-ring (bicyclic) bond motifs is 1. The van der Waals surface area contributed by atoms with Gasteiger partial charge in [0.1, 0.15) is 23.4 Å². The molecule has 0 amide bonds. The second-order valence-corrected chi connectivity index (χ2v) is 4.89. The Morgan fingerprint density at radius 1 is 1.20 bits per heavy atom. The van der Waals surface area contributed by atoms with E-state index in [0.717, 1.165) is 41.3 Å². The lowest BCUT2D eigenvalue weighted by Crippen LogP contribution is -2.02. The number of aromatic amines is 1. The van der Waals surface area contributed by atoms with E-state index < -0.39 is 0 Å². The fraction of sp³-hybridized carbons (Fsp3) is 0.286. The molecule has 3 heterocycles. The number of hydrogen-bond acceptors (Lipinski definition) is 5. The Kier molecular flexibility index (Phi) is 2.42. The average Bonchev–Trinajstić information content (AvgIpc) is 3.23. The minimum atomic E-state index is 0.491. The van der Waals surface area contributed by atoms with Gasteiger partial charge in [0, 0.05) is 12.1 Å². The summed E-state index contributed by atoms with van der Waals surface area (Å²) in [5.74, 6) is 1.78. The van der Waals surface area contributed by atoms with E-state index in [1.54, 1.807) is 25.8 Å². The van der Waals surface area contributed by atoms with Crippen molar-refractivity contribution in [1.82, 2.24) is 24.9 Å². The summed E-state index contributed by atoms with van der Waals surface area (Å²) in [5, 5.41) is 0. The first-order valence-corrected chi connectivity index (χ1v) is 6.56. The quantitative estimate of drug-likeness (QED) is 0.787. The molecule has 1 saturated carbocycles. The number of hydrogen-bond donors (Lipinski definition) is 1. The largest absolute Gasteiger partial charge is 0.480 e. The van der Waals surface area contributed by atoms with Crippen LogP contribution < -0.4 is 4.74 Å². The van der Waals surface area contributed by atoms with Crippen LogP contribution in [0.5, 0.6) is 5.88 Å². The van der Waals surface area contributed by atoms with Crippen LogP contribution in [0.4, 0.5) is 0 Å². The molecule has 0 aromatic carbocycles. The molecule has 1 aromatic heterocycles. The lowest BCUT2D eigenvalue weighted by Gasteiger charge is -2.11. The van der Waals surface area contributed by atoms with Gasteiger partial charge in [0.15, 0.2) is 0 Å². The molecule has 0 spiro atoms.